The van der Waals surface area contributed by atoms with E-state index in [1.165, 1.54) is 25.0 Å². The normalized spacial score (nSPS) is 21.8. The number of halogens is 2. The molecule has 0 spiro atoms. The number of benzene rings is 1. The highest BCUT2D eigenvalue weighted by molar-refractivity contribution is 5.51. The minimum absolute atomic E-state index is 0.147. The van der Waals surface area contributed by atoms with E-state index in [0.717, 1.165) is 37.7 Å². The lowest BCUT2D eigenvalue weighted by Gasteiger charge is -2.34. The predicted molar refractivity (Wildman–Crippen MR) is 89.7 cm³/mol. The summed E-state index contributed by atoms with van der Waals surface area (Å²) in [7, 11) is 2.03. The third kappa shape index (κ3) is 4.01. The summed E-state index contributed by atoms with van der Waals surface area (Å²) in [5.74, 6) is -0.0795. The Morgan fingerprint density at radius 1 is 0.957 bits per heavy atom. The van der Waals surface area contributed by atoms with Crippen molar-refractivity contribution >= 4 is 5.69 Å². The molecule has 2 saturated heterocycles. The van der Waals surface area contributed by atoms with Crippen LogP contribution in [0.1, 0.15) is 25.3 Å². The fourth-order valence-electron chi connectivity index (χ4n) is 3.52. The zero-order valence-corrected chi connectivity index (χ0v) is 14.2. The highest BCUT2D eigenvalue weighted by Crippen LogP contribution is 2.27. The zero-order chi connectivity index (χ0) is 16.4. The number of likely N-dealkylation sites (N-methyl/N-ethyl adjacent to an activating group) is 1. The Bertz CT molecular complexity index is 510. The number of rotatable bonds is 3. The fourth-order valence-corrected chi connectivity index (χ4v) is 3.52. The minimum Gasteiger partial charge on any atom is -0.364 e. The molecule has 0 radical (unpaired) electrons. The van der Waals surface area contributed by atoms with Crippen LogP contribution in [0, 0.1) is 17.6 Å². The molecule has 0 aromatic heterocycles. The van der Waals surface area contributed by atoms with Gasteiger partial charge in [-0.15, -0.1) is 0 Å². The van der Waals surface area contributed by atoms with E-state index in [1.807, 2.05) is 11.9 Å². The minimum atomic E-state index is -0.421. The Balaban J connectivity index is 1.70. The van der Waals surface area contributed by atoms with Gasteiger partial charge in [0.15, 0.2) is 0 Å². The van der Waals surface area contributed by atoms with Crippen LogP contribution in [0.4, 0.5) is 14.5 Å². The van der Waals surface area contributed by atoms with Gasteiger partial charge in [-0.2, -0.15) is 0 Å². The van der Waals surface area contributed by atoms with Gasteiger partial charge in [0.25, 0.3) is 0 Å². The number of nitrogens with zero attached hydrogens (tertiary/aromatic N) is 3. The van der Waals surface area contributed by atoms with Gasteiger partial charge < -0.3 is 9.80 Å². The Labute approximate surface area is 137 Å². The number of likely N-dealkylation sites (tertiary alicyclic amines) is 1. The second kappa shape index (κ2) is 7.14. The van der Waals surface area contributed by atoms with Crippen LogP contribution < -0.4 is 4.90 Å². The van der Waals surface area contributed by atoms with Crippen molar-refractivity contribution in [2.45, 2.75) is 26.3 Å². The van der Waals surface area contributed by atoms with Gasteiger partial charge in [-0.1, -0.05) is 6.92 Å². The van der Waals surface area contributed by atoms with Crippen LogP contribution in [0.2, 0.25) is 0 Å². The van der Waals surface area contributed by atoms with Crippen LogP contribution >= 0.6 is 0 Å². The number of hydrogen-bond acceptors (Lipinski definition) is 3. The molecule has 0 atom stereocenters. The van der Waals surface area contributed by atoms with Gasteiger partial charge in [-0.3, -0.25) is 4.90 Å². The number of piperazine rings is 1. The van der Waals surface area contributed by atoms with Crippen molar-refractivity contribution in [2.75, 3.05) is 51.2 Å². The Morgan fingerprint density at radius 2 is 1.52 bits per heavy atom. The van der Waals surface area contributed by atoms with E-state index in [9.17, 15) is 8.78 Å². The van der Waals surface area contributed by atoms with Crippen molar-refractivity contribution in [3.05, 3.63) is 29.3 Å². The second-order valence-corrected chi connectivity index (χ2v) is 7.16. The van der Waals surface area contributed by atoms with E-state index in [-0.39, 0.29) is 5.69 Å². The number of piperidine rings is 1. The molecule has 1 aromatic carbocycles. The van der Waals surface area contributed by atoms with Crippen molar-refractivity contribution in [1.29, 1.82) is 0 Å². The third-order valence-electron chi connectivity index (χ3n) is 5.18. The van der Waals surface area contributed by atoms with Gasteiger partial charge in [-0.25, -0.2) is 8.78 Å². The molecule has 23 heavy (non-hydrogen) atoms. The van der Waals surface area contributed by atoms with Gasteiger partial charge >= 0.3 is 0 Å². The van der Waals surface area contributed by atoms with Crippen molar-refractivity contribution < 1.29 is 8.78 Å². The zero-order valence-electron chi connectivity index (χ0n) is 14.2. The lowest BCUT2D eigenvalue weighted by Crippen LogP contribution is -2.45. The van der Waals surface area contributed by atoms with Crippen molar-refractivity contribution in [3.8, 4) is 0 Å². The van der Waals surface area contributed by atoms with Crippen LogP contribution in [0.5, 0.6) is 0 Å². The molecule has 0 aliphatic carbocycles. The van der Waals surface area contributed by atoms with Gasteiger partial charge in [0, 0.05) is 32.7 Å². The molecular formula is C18H27F2N3. The molecule has 2 aliphatic heterocycles. The first-order valence-corrected chi connectivity index (χ1v) is 8.66. The first-order chi connectivity index (χ1) is 11.0. The molecule has 128 valence electrons. The molecule has 0 saturated carbocycles. The largest absolute Gasteiger partial charge is 0.364 e. The molecule has 2 fully saturated rings. The summed E-state index contributed by atoms with van der Waals surface area (Å²) >= 11 is 0. The quantitative estimate of drug-likeness (QED) is 0.847. The van der Waals surface area contributed by atoms with E-state index in [1.54, 1.807) is 0 Å². The van der Waals surface area contributed by atoms with E-state index in [2.05, 4.69) is 16.7 Å². The molecule has 2 heterocycles. The van der Waals surface area contributed by atoms with Crippen LogP contribution in [0.25, 0.3) is 0 Å². The molecule has 3 rings (SSSR count). The van der Waals surface area contributed by atoms with E-state index in [0.29, 0.717) is 19.6 Å². The smallest absolute Gasteiger partial charge is 0.149 e. The van der Waals surface area contributed by atoms with Gasteiger partial charge in [0.1, 0.15) is 17.3 Å². The number of hydrogen-bond donors (Lipinski definition) is 0. The molecule has 0 unspecified atom stereocenters. The van der Waals surface area contributed by atoms with Gasteiger partial charge in [0.2, 0.25) is 0 Å². The molecule has 3 nitrogen and oxygen atoms in total. The summed E-state index contributed by atoms with van der Waals surface area (Å²) in [4.78, 5) is 6.30. The maximum atomic E-state index is 14.5. The average molecular weight is 323 g/mol. The SMILES string of the molecule is CC1CCN(Cc2cc(F)c(N3CCN(C)CC3)c(F)c2)CC1. The Morgan fingerprint density at radius 3 is 2.09 bits per heavy atom. The maximum absolute atomic E-state index is 14.5. The Hall–Kier alpha value is -1.20. The van der Waals surface area contributed by atoms with E-state index >= 15 is 0 Å². The standard InChI is InChI=1S/C18H27F2N3/c1-14-3-5-22(6-4-14)13-15-11-16(19)18(17(20)12-15)23-9-7-21(2)8-10-23/h11-12,14H,3-10,13H2,1-2H3. The van der Waals surface area contributed by atoms with Crippen LogP contribution in [0.15, 0.2) is 12.1 Å². The monoisotopic (exact) mass is 323 g/mol. The molecule has 2 aliphatic rings. The maximum Gasteiger partial charge on any atom is 0.149 e. The molecule has 0 amide bonds. The molecule has 1 aromatic rings. The summed E-state index contributed by atoms with van der Waals surface area (Å²) < 4.78 is 29.0. The fraction of sp³-hybridized carbons (Fsp3) is 0.667. The van der Waals surface area contributed by atoms with Crippen LogP contribution in [-0.2, 0) is 6.54 Å². The van der Waals surface area contributed by atoms with Crippen LogP contribution in [-0.4, -0.2) is 56.1 Å². The van der Waals surface area contributed by atoms with Gasteiger partial charge in [0.05, 0.1) is 0 Å². The molecule has 0 bridgehead atoms. The first kappa shape index (κ1) is 16.7. The lowest BCUT2D eigenvalue weighted by molar-refractivity contribution is 0.185. The van der Waals surface area contributed by atoms with Crippen molar-refractivity contribution in [3.63, 3.8) is 0 Å². The van der Waals surface area contributed by atoms with Crippen molar-refractivity contribution in [1.82, 2.24) is 9.80 Å². The summed E-state index contributed by atoms with van der Waals surface area (Å²) in [5, 5.41) is 0. The Kier molecular flexibility index (Phi) is 5.17. The van der Waals surface area contributed by atoms with Crippen LogP contribution in [0.3, 0.4) is 0 Å². The summed E-state index contributed by atoms with van der Waals surface area (Å²) in [6.07, 6.45) is 2.34. The van der Waals surface area contributed by atoms with E-state index in [4.69, 9.17) is 0 Å². The molecule has 0 N–H and O–H groups in total. The molecule has 5 heteroatoms. The predicted octanol–water partition coefficient (Wildman–Crippen LogP) is 2.95. The highest BCUT2D eigenvalue weighted by Gasteiger charge is 2.22. The second-order valence-electron chi connectivity index (χ2n) is 7.16. The lowest BCUT2D eigenvalue weighted by atomic mass is 9.99. The summed E-state index contributed by atoms with van der Waals surface area (Å²) in [5.41, 5.74) is 0.890. The van der Waals surface area contributed by atoms with E-state index < -0.39 is 11.6 Å². The highest BCUT2D eigenvalue weighted by atomic mass is 19.1. The van der Waals surface area contributed by atoms with Gasteiger partial charge in [-0.05, 0) is 56.6 Å². The number of anilines is 1. The summed E-state index contributed by atoms with van der Waals surface area (Å²) in [6.45, 7) is 7.97. The first-order valence-electron chi connectivity index (χ1n) is 8.66. The average Bonchev–Trinajstić information content (AvgIpc) is 2.51. The summed E-state index contributed by atoms with van der Waals surface area (Å²) in [6, 6.07) is 3.05. The molecular weight excluding hydrogens is 296 g/mol. The van der Waals surface area contributed by atoms with Crippen molar-refractivity contribution in [2.24, 2.45) is 5.92 Å². The topological polar surface area (TPSA) is 9.72 Å². The third-order valence-corrected chi connectivity index (χ3v) is 5.18.